The molecule has 0 aliphatic heterocycles. The first-order chi connectivity index (χ1) is 11.4. The summed E-state index contributed by atoms with van der Waals surface area (Å²) in [6.07, 6.45) is -4.74. The fourth-order valence-electron chi connectivity index (χ4n) is 2.15. The normalized spacial score (nSPS) is 11.5. The van der Waals surface area contributed by atoms with Crippen molar-refractivity contribution in [1.82, 2.24) is 4.98 Å². The third-order valence-electron chi connectivity index (χ3n) is 3.26. The van der Waals surface area contributed by atoms with Gasteiger partial charge in [-0.3, -0.25) is 10.1 Å². The Bertz CT molecular complexity index is 872. The van der Waals surface area contributed by atoms with E-state index in [4.69, 9.17) is 4.42 Å². The van der Waals surface area contributed by atoms with Gasteiger partial charge in [-0.15, -0.1) is 0 Å². The number of halogens is 3. The first-order valence-corrected chi connectivity index (χ1v) is 6.74. The first-order valence-electron chi connectivity index (χ1n) is 6.74. The Morgan fingerprint density at radius 2 is 1.58 bits per heavy atom. The smallest absolute Gasteiger partial charge is 0.431 e. The number of nitrogens with zero attached hydrogens (tertiary/aromatic N) is 2. The Labute approximate surface area is 133 Å². The molecule has 0 amide bonds. The number of hydrogen-bond donors (Lipinski definition) is 0. The topological polar surface area (TPSA) is 69.2 Å². The number of oxazole rings is 1. The van der Waals surface area contributed by atoms with Crippen LogP contribution in [0.2, 0.25) is 0 Å². The Morgan fingerprint density at radius 3 is 2.12 bits per heavy atom. The molecule has 0 saturated carbocycles. The summed E-state index contributed by atoms with van der Waals surface area (Å²) in [6.45, 7) is 0. The van der Waals surface area contributed by atoms with E-state index in [9.17, 15) is 23.3 Å². The molecule has 0 spiro atoms. The zero-order valence-electron chi connectivity index (χ0n) is 11.9. The molecule has 0 fully saturated rings. The van der Waals surface area contributed by atoms with Crippen LogP contribution in [-0.4, -0.2) is 9.91 Å². The van der Waals surface area contributed by atoms with E-state index in [1.54, 1.807) is 30.3 Å². The number of aromatic nitrogens is 1. The fourth-order valence-corrected chi connectivity index (χ4v) is 2.15. The van der Waals surface area contributed by atoms with Crippen LogP contribution in [0.3, 0.4) is 0 Å². The highest BCUT2D eigenvalue weighted by molar-refractivity contribution is 5.67. The standard InChI is InChI=1S/C16H9F3N2O3/c17-16(18,19)14-13(10-6-8-12(9-7-10)21(22)23)20-15(24-14)11-4-2-1-3-5-11/h1-9H. The van der Waals surface area contributed by atoms with Crippen LogP contribution < -0.4 is 0 Å². The number of alkyl halides is 3. The second kappa shape index (κ2) is 5.80. The van der Waals surface area contributed by atoms with Crippen molar-refractivity contribution in [2.45, 2.75) is 6.18 Å². The summed E-state index contributed by atoms with van der Waals surface area (Å²) in [4.78, 5) is 14.0. The van der Waals surface area contributed by atoms with Gasteiger partial charge in [0.2, 0.25) is 11.7 Å². The third-order valence-corrected chi connectivity index (χ3v) is 3.26. The van der Waals surface area contributed by atoms with Crippen molar-refractivity contribution < 1.29 is 22.5 Å². The zero-order chi connectivity index (χ0) is 17.3. The third kappa shape index (κ3) is 2.98. The van der Waals surface area contributed by atoms with Crippen molar-refractivity contribution in [2.75, 3.05) is 0 Å². The van der Waals surface area contributed by atoms with Gasteiger partial charge in [0.05, 0.1) is 4.92 Å². The van der Waals surface area contributed by atoms with Crippen LogP contribution in [0.15, 0.2) is 59.0 Å². The van der Waals surface area contributed by atoms with Gasteiger partial charge < -0.3 is 4.42 Å². The maximum Gasteiger partial charge on any atom is 0.451 e. The Morgan fingerprint density at radius 1 is 0.958 bits per heavy atom. The van der Waals surface area contributed by atoms with Crippen molar-refractivity contribution in [2.24, 2.45) is 0 Å². The molecular weight excluding hydrogens is 325 g/mol. The van der Waals surface area contributed by atoms with Gasteiger partial charge in [0.1, 0.15) is 5.69 Å². The SMILES string of the molecule is O=[N+]([O-])c1ccc(-c2nc(-c3ccccc3)oc2C(F)(F)F)cc1. The molecule has 24 heavy (non-hydrogen) atoms. The minimum Gasteiger partial charge on any atom is -0.431 e. The van der Waals surface area contributed by atoms with Gasteiger partial charge in [-0.25, -0.2) is 4.98 Å². The maximum absolute atomic E-state index is 13.2. The number of non-ortho nitro benzene ring substituents is 1. The summed E-state index contributed by atoms with van der Waals surface area (Å²) in [5, 5.41) is 10.7. The lowest BCUT2D eigenvalue weighted by Crippen LogP contribution is -2.05. The Balaban J connectivity index is 2.12. The monoisotopic (exact) mass is 334 g/mol. The van der Waals surface area contributed by atoms with Crippen molar-refractivity contribution >= 4 is 5.69 Å². The highest BCUT2D eigenvalue weighted by atomic mass is 19.4. The van der Waals surface area contributed by atoms with Gasteiger partial charge >= 0.3 is 6.18 Å². The summed E-state index contributed by atoms with van der Waals surface area (Å²) < 4.78 is 44.6. The molecule has 0 radical (unpaired) electrons. The summed E-state index contributed by atoms with van der Waals surface area (Å²) in [7, 11) is 0. The van der Waals surface area contributed by atoms with Crippen LogP contribution in [0.4, 0.5) is 18.9 Å². The van der Waals surface area contributed by atoms with Gasteiger partial charge in [-0.05, 0) is 24.3 Å². The average Bonchev–Trinajstić information content (AvgIpc) is 3.01. The lowest BCUT2D eigenvalue weighted by Gasteiger charge is -2.04. The van der Waals surface area contributed by atoms with Crippen LogP contribution in [-0.2, 0) is 6.18 Å². The lowest BCUT2D eigenvalue weighted by atomic mass is 10.1. The molecule has 0 aliphatic rings. The van der Waals surface area contributed by atoms with Gasteiger partial charge in [0, 0.05) is 23.3 Å². The van der Waals surface area contributed by atoms with Crippen LogP contribution in [0.5, 0.6) is 0 Å². The largest absolute Gasteiger partial charge is 0.451 e. The van der Waals surface area contributed by atoms with Crippen molar-refractivity contribution in [3.63, 3.8) is 0 Å². The highest BCUT2D eigenvalue weighted by Gasteiger charge is 2.40. The molecule has 0 unspecified atom stereocenters. The van der Waals surface area contributed by atoms with Crippen LogP contribution in [0.1, 0.15) is 5.76 Å². The van der Waals surface area contributed by atoms with E-state index in [2.05, 4.69) is 4.98 Å². The van der Waals surface area contributed by atoms with E-state index >= 15 is 0 Å². The molecule has 5 nitrogen and oxygen atoms in total. The number of benzene rings is 2. The summed E-state index contributed by atoms with van der Waals surface area (Å²) >= 11 is 0. The van der Waals surface area contributed by atoms with E-state index in [0.29, 0.717) is 5.56 Å². The van der Waals surface area contributed by atoms with Crippen molar-refractivity contribution in [3.8, 4) is 22.7 Å². The van der Waals surface area contributed by atoms with Crippen LogP contribution in [0, 0.1) is 10.1 Å². The summed E-state index contributed by atoms with van der Waals surface area (Å²) in [5.74, 6) is -1.41. The van der Waals surface area contributed by atoms with Gasteiger partial charge in [-0.1, -0.05) is 18.2 Å². The first kappa shape index (κ1) is 15.7. The minimum absolute atomic E-state index is 0.0823. The molecule has 3 rings (SSSR count). The molecule has 122 valence electrons. The molecule has 8 heteroatoms. The second-order valence-corrected chi connectivity index (χ2v) is 4.86. The van der Waals surface area contributed by atoms with E-state index in [1.165, 1.54) is 12.1 Å². The number of hydrogen-bond acceptors (Lipinski definition) is 4. The van der Waals surface area contributed by atoms with Crippen LogP contribution >= 0.6 is 0 Å². The Hall–Kier alpha value is -3.16. The molecule has 0 atom stereocenters. The van der Waals surface area contributed by atoms with Gasteiger partial charge in [0.25, 0.3) is 5.69 Å². The molecular formula is C16H9F3N2O3. The molecule has 0 bridgehead atoms. The number of nitro benzene ring substituents is 1. The zero-order valence-corrected chi connectivity index (χ0v) is 11.9. The van der Waals surface area contributed by atoms with Gasteiger partial charge in [0.15, 0.2) is 0 Å². The second-order valence-electron chi connectivity index (χ2n) is 4.86. The molecule has 0 saturated heterocycles. The average molecular weight is 334 g/mol. The predicted molar refractivity (Wildman–Crippen MR) is 79.0 cm³/mol. The van der Waals surface area contributed by atoms with Gasteiger partial charge in [-0.2, -0.15) is 13.2 Å². The number of nitro groups is 1. The quantitative estimate of drug-likeness (QED) is 0.503. The maximum atomic E-state index is 13.2. The Kier molecular flexibility index (Phi) is 3.80. The van der Waals surface area contributed by atoms with Crippen molar-refractivity contribution in [3.05, 3.63) is 70.5 Å². The molecule has 3 aromatic rings. The number of rotatable bonds is 3. The van der Waals surface area contributed by atoms with Crippen LogP contribution in [0.25, 0.3) is 22.7 Å². The van der Waals surface area contributed by atoms with Crippen molar-refractivity contribution in [1.29, 1.82) is 0 Å². The fraction of sp³-hybridized carbons (Fsp3) is 0.0625. The van der Waals surface area contributed by atoms with E-state index < -0.39 is 22.6 Å². The van der Waals surface area contributed by atoms with E-state index in [1.807, 2.05) is 0 Å². The molecule has 0 aliphatic carbocycles. The minimum atomic E-state index is -4.74. The molecule has 0 N–H and O–H groups in total. The lowest BCUT2D eigenvalue weighted by molar-refractivity contribution is -0.384. The predicted octanol–water partition coefficient (Wildman–Crippen LogP) is 4.94. The molecule has 2 aromatic carbocycles. The molecule has 1 aromatic heterocycles. The summed E-state index contributed by atoms with van der Waals surface area (Å²) in [5.41, 5.74) is -0.148. The van der Waals surface area contributed by atoms with E-state index in [0.717, 1.165) is 12.1 Å². The van der Waals surface area contributed by atoms with E-state index in [-0.39, 0.29) is 17.1 Å². The molecule has 1 heterocycles. The summed E-state index contributed by atoms with van der Waals surface area (Å²) in [6, 6.07) is 12.8. The highest BCUT2D eigenvalue weighted by Crippen LogP contribution is 2.39.